The smallest absolute Gasteiger partial charge is 0.108 e. The van der Waals surface area contributed by atoms with E-state index in [0.29, 0.717) is 12.1 Å². The van der Waals surface area contributed by atoms with Crippen LogP contribution in [0.25, 0.3) is 0 Å². The molecule has 0 aliphatic carbocycles. The Morgan fingerprint density at radius 2 is 2.38 bits per heavy atom. The molecule has 0 amide bonds. The molecule has 1 saturated heterocycles. The molecule has 0 spiro atoms. The number of nitrogens with one attached hydrogen (secondary N) is 1. The normalized spacial score (nSPS) is 26.4. The number of hydrogen-bond acceptors (Lipinski definition) is 4. The van der Waals surface area contributed by atoms with Gasteiger partial charge in [-0.1, -0.05) is 0 Å². The molecule has 1 aromatic heterocycles. The minimum absolute atomic E-state index is 0. The third-order valence-electron chi connectivity index (χ3n) is 3.03. The second-order valence-electron chi connectivity index (χ2n) is 4.01. The van der Waals surface area contributed by atoms with Gasteiger partial charge < -0.3 is 5.32 Å². The lowest BCUT2D eigenvalue weighted by Gasteiger charge is -2.38. The van der Waals surface area contributed by atoms with Gasteiger partial charge in [0.1, 0.15) is 5.01 Å². The molecule has 2 rings (SSSR count). The molecule has 3 nitrogen and oxygen atoms in total. The summed E-state index contributed by atoms with van der Waals surface area (Å²) in [4.78, 5) is 6.87. The Morgan fingerprint density at radius 3 is 3.00 bits per heavy atom. The van der Waals surface area contributed by atoms with E-state index in [-0.39, 0.29) is 12.4 Å². The molecule has 2 heterocycles. The number of rotatable bonds is 2. The van der Waals surface area contributed by atoms with Crippen molar-refractivity contribution in [1.29, 1.82) is 0 Å². The molecule has 2 unspecified atom stereocenters. The summed E-state index contributed by atoms with van der Waals surface area (Å²) in [5, 5.41) is 4.68. The van der Waals surface area contributed by atoms with Crippen molar-refractivity contribution < 1.29 is 0 Å². The number of aromatic nitrogens is 1. The number of thiazole rings is 1. The zero-order chi connectivity index (χ0) is 10.8. The van der Waals surface area contributed by atoms with Gasteiger partial charge in [0.25, 0.3) is 0 Å². The second kappa shape index (κ2) is 6.31. The zero-order valence-electron chi connectivity index (χ0n) is 9.44. The van der Waals surface area contributed by atoms with Crippen molar-refractivity contribution in [3.8, 4) is 0 Å². The van der Waals surface area contributed by atoms with Gasteiger partial charge in [0.2, 0.25) is 0 Å². The molecular formula is C10H17BrClN3S. The summed E-state index contributed by atoms with van der Waals surface area (Å²) < 4.78 is 1.12. The third kappa shape index (κ3) is 3.40. The summed E-state index contributed by atoms with van der Waals surface area (Å²) in [6, 6.07) is 1.16. The topological polar surface area (TPSA) is 28.2 Å². The van der Waals surface area contributed by atoms with Gasteiger partial charge in [-0.05, 0) is 29.8 Å². The fourth-order valence-electron chi connectivity index (χ4n) is 1.88. The van der Waals surface area contributed by atoms with E-state index in [9.17, 15) is 0 Å². The van der Waals surface area contributed by atoms with E-state index in [2.05, 4.69) is 45.0 Å². The Kier molecular flexibility index (Phi) is 5.67. The second-order valence-corrected chi connectivity index (χ2v) is 6.51. The number of hydrogen-bond donors (Lipinski definition) is 1. The van der Waals surface area contributed by atoms with Gasteiger partial charge >= 0.3 is 0 Å². The maximum atomic E-state index is 4.38. The minimum Gasteiger partial charge on any atom is -0.311 e. The van der Waals surface area contributed by atoms with Crippen LogP contribution < -0.4 is 5.32 Å². The van der Waals surface area contributed by atoms with Crippen LogP contribution in [0.3, 0.4) is 0 Å². The monoisotopic (exact) mass is 325 g/mol. The first kappa shape index (κ1) is 14.4. The lowest BCUT2D eigenvalue weighted by atomic mass is 10.1. The van der Waals surface area contributed by atoms with Crippen molar-refractivity contribution in [2.24, 2.45) is 0 Å². The molecule has 92 valence electrons. The molecule has 1 fully saturated rings. The third-order valence-corrected chi connectivity index (χ3v) is 4.49. The first-order chi connectivity index (χ1) is 7.16. The quantitative estimate of drug-likeness (QED) is 0.905. The lowest BCUT2D eigenvalue weighted by molar-refractivity contribution is 0.130. The van der Waals surface area contributed by atoms with Crippen molar-refractivity contribution >= 4 is 39.7 Å². The largest absolute Gasteiger partial charge is 0.311 e. The fraction of sp³-hybridized carbons (Fsp3) is 0.700. The van der Waals surface area contributed by atoms with E-state index in [4.69, 9.17) is 0 Å². The summed E-state index contributed by atoms with van der Waals surface area (Å²) in [6.07, 6.45) is 1.89. The van der Waals surface area contributed by atoms with Crippen molar-refractivity contribution in [3.05, 3.63) is 15.0 Å². The fourth-order valence-corrected chi connectivity index (χ4v) is 3.21. The van der Waals surface area contributed by atoms with Gasteiger partial charge in [0.05, 0.1) is 16.5 Å². The predicted octanol–water partition coefficient (Wildman–Crippen LogP) is 2.51. The minimum atomic E-state index is 0. The molecule has 0 bridgehead atoms. The molecular weight excluding hydrogens is 310 g/mol. The number of nitrogens with zero attached hydrogens (tertiary/aromatic N) is 2. The van der Waals surface area contributed by atoms with Gasteiger partial charge in [-0.2, -0.15) is 0 Å². The highest BCUT2D eigenvalue weighted by atomic mass is 79.9. The molecule has 0 saturated carbocycles. The van der Waals surface area contributed by atoms with Crippen LogP contribution in [0.2, 0.25) is 0 Å². The summed E-state index contributed by atoms with van der Waals surface area (Å²) in [5.41, 5.74) is 0. The van der Waals surface area contributed by atoms with E-state index in [1.807, 2.05) is 6.20 Å². The zero-order valence-corrected chi connectivity index (χ0v) is 12.7. The van der Waals surface area contributed by atoms with E-state index >= 15 is 0 Å². The Bertz CT molecular complexity index is 334. The van der Waals surface area contributed by atoms with Crippen molar-refractivity contribution in [2.75, 3.05) is 13.1 Å². The highest BCUT2D eigenvalue weighted by Gasteiger charge is 2.24. The van der Waals surface area contributed by atoms with E-state index in [0.717, 1.165) is 23.4 Å². The van der Waals surface area contributed by atoms with Crippen molar-refractivity contribution in [2.45, 2.75) is 32.5 Å². The van der Waals surface area contributed by atoms with E-state index in [1.54, 1.807) is 11.3 Å². The highest BCUT2D eigenvalue weighted by Crippen LogP contribution is 2.22. The molecule has 1 aliphatic heterocycles. The van der Waals surface area contributed by atoms with Crippen LogP contribution in [0, 0.1) is 0 Å². The molecule has 1 aromatic rings. The van der Waals surface area contributed by atoms with Crippen LogP contribution in [-0.4, -0.2) is 35.1 Å². The van der Waals surface area contributed by atoms with Crippen LogP contribution in [0.5, 0.6) is 0 Å². The summed E-state index contributed by atoms with van der Waals surface area (Å²) in [6.45, 7) is 7.69. The average molecular weight is 327 g/mol. The molecule has 1 aliphatic rings. The molecule has 0 aromatic carbocycles. The standard InChI is InChI=1S/C10H16BrN3S.ClH/c1-7-8(2)14(4-3-12-7)6-10-13-5-9(11)15-10;/h5,7-8,12H,3-4,6H2,1-2H3;1H. The molecule has 2 atom stereocenters. The molecule has 0 radical (unpaired) electrons. The lowest BCUT2D eigenvalue weighted by Crippen LogP contribution is -2.54. The van der Waals surface area contributed by atoms with Gasteiger partial charge in [-0.3, -0.25) is 4.90 Å². The first-order valence-electron chi connectivity index (χ1n) is 5.24. The highest BCUT2D eigenvalue weighted by molar-refractivity contribution is 9.11. The maximum Gasteiger partial charge on any atom is 0.108 e. The number of piperazine rings is 1. The summed E-state index contributed by atoms with van der Waals surface area (Å²) in [7, 11) is 0. The Morgan fingerprint density at radius 1 is 1.62 bits per heavy atom. The van der Waals surface area contributed by atoms with E-state index < -0.39 is 0 Å². The van der Waals surface area contributed by atoms with Crippen molar-refractivity contribution in [3.63, 3.8) is 0 Å². The maximum absolute atomic E-state index is 4.38. The van der Waals surface area contributed by atoms with Gasteiger partial charge in [-0.15, -0.1) is 23.7 Å². The summed E-state index contributed by atoms with van der Waals surface area (Å²) in [5.74, 6) is 0. The molecule has 1 N–H and O–H groups in total. The molecule has 16 heavy (non-hydrogen) atoms. The first-order valence-corrected chi connectivity index (χ1v) is 6.85. The van der Waals surface area contributed by atoms with Crippen molar-refractivity contribution in [1.82, 2.24) is 15.2 Å². The Hall–Kier alpha value is 0.320. The Labute approximate surface area is 115 Å². The van der Waals surface area contributed by atoms with Crippen LogP contribution in [0.15, 0.2) is 9.98 Å². The van der Waals surface area contributed by atoms with E-state index in [1.165, 1.54) is 5.01 Å². The van der Waals surface area contributed by atoms with Crippen LogP contribution in [-0.2, 0) is 6.54 Å². The Balaban J connectivity index is 0.00000128. The predicted molar refractivity (Wildman–Crippen MR) is 74.4 cm³/mol. The van der Waals surface area contributed by atoms with Crippen LogP contribution >= 0.6 is 39.7 Å². The van der Waals surface area contributed by atoms with Crippen LogP contribution in [0.1, 0.15) is 18.9 Å². The van der Waals surface area contributed by atoms with Gasteiger partial charge in [-0.25, -0.2) is 4.98 Å². The van der Waals surface area contributed by atoms with Gasteiger partial charge in [0, 0.05) is 25.2 Å². The SMILES string of the molecule is CC1NCCN(Cc2ncc(Br)s2)C1C.Cl. The molecule has 6 heteroatoms. The number of halogens is 2. The van der Waals surface area contributed by atoms with Crippen LogP contribution in [0.4, 0.5) is 0 Å². The van der Waals surface area contributed by atoms with Gasteiger partial charge in [0.15, 0.2) is 0 Å². The summed E-state index contributed by atoms with van der Waals surface area (Å²) >= 11 is 5.18. The average Bonchev–Trinajstić information content (AvgIpc) is 2.59.